The minimum absolute atomic E-state index is 0.161. The van der Waals surface area contributed by atoms with Gasteiger partial charge in [-0.25, -0.2) is 4.79 Å². The summed E-state index contributed by atoms with van der Waals surface area (Å²) in [7, 11) is 0. The number of carbonyl (C=O) groups excluding carboxylic acids is 3. The van der Waals surface area contributed by atoms with Crippen LogP contribution >= 0.6 is 0 Å². The first kappa shape index (κ1) is 30.1. The minimum Gasteiger partial charge on any atom is -0.445 e. The summed E-state index contributed by atoms with van der Waals surface area (Å²) in [5.74, 6) is -1.45. The van der Waals surface area contributed by atoms with E-state index in [0.29, 0.717) is 6.42 Å². The molecule has 4 aromatic rings. The molecule has 0 saturated heterocycles. The zero-order valence-corrected chi connectivity index (χ0v) is 23.8. The van der Waals surface area contributed by atoms with Crippen molar-refractivity contribution in [3.05, 3.63) is 144 Å². The molecule has 0 aliphatic rings. The normalized spacial score (nSPS) is 12.2. The lowest BCUT2D eigenvalue weighted by atomic mass is 9.88. The molecule has 2 atom stereocenters. The van der Waals surface area contributed by atoms with Crippen molar-refractivity contribution < 1.29 is 19.1 Å². The Morgan fingerprint density at radius 3 is 1.71 bits per heavy atom. The monoisotopic (exact) mass is 563 g/mol. The number of hydrogen-bond acceptors (Lipinski definition) is 4. The van der Waals surface area contributed by atoms with Crippen molar-refractivity contribution in [1.29, 1.82) is 0 Å². The maximum Gasteiger partial charge on any atom is 0.407 e. The van der Waals surface area contributed by atoms with Crippen LogP contribution in [0.1, 0.15) is 54.0 Å². The maximum absolute atomic E-state index is 14.6. The van der Waals surface area contributed by atoms with E-state index >= 15 is 0 Å². The topological polar surface area (TPSA) is 102 Å². The summed E-state index contributed by atoms with van der Waals surface area (Å²) in [6.07, 6.45) is 0.141. The van der Waals surface area contributed by atoms with Crippen molar-refractivity contribution in [2.24, 2.45) is 5.73 Å². The molecule has 4 rings (SSSR count). The van der Waals surface area contributed by atoms with E-state index in [2.05, 4.69) is 5.32 Å². The molecule has 0 aliphatic heterocycles. The molecule has 0 aromatic heterocycles. The molecule has 7 nitrogen and oxygen atoms in total. The molecule has 0 spiro atoms. The van der Waals surface area contributed by atoms with Crippen molar-refractivity contribution in [2.45, 2.75) is 44.4 Å². The zero-order valence-electron chi connectivity index (χ0n) is 23.8. The molecule has 0 saturated carbocycles. The molecule has 42 heavy (non-hydrogen) atoms. The Kier molecular flexibility index (Phi) is 10.9. The first-order valence-electron chi connectivity index (χ1n) is 14.2. The van der Waals surface area contributed by atoms with Crippen LogP contribution < -0.4 is 11.1 Å². The number of alkyl carbamates (subject to hydrolysis) is 1. The molecule has 0 bridgehead atoms. The second kappa shape index (κ2) is 15.2. The van der Waals surface area contributed by atoms with Crippen molar-refractivity contribution >= 4 is 17.9 Å². The van der Waals surface area contributed by atoms with Gasteiger partial charge in [0.2, 0.25) is 11.8 Å². The number of ether oxygens (including phenoxy) is 1. The van der Waals surface area contributed by atoms with Gasteiger partial charge in [0.05, 0.1) is 12.0 Å². The number of benzene rings is 4. The van der Waals surface area contributed by atoms with Gasteiger partial charge in [-0.1, -0.05) is 121 Å². The molecular weight excluding hydrogens is 526 g/mol. The van der Waals surface area contributed by atoms with E-state index in [1.165, 1.54) is 0 Å². The molecule has 3 N–H and O–H groups in total. The number of hydrogen-bond donors (Lipinski definition) is 2. The van der Waals surface area contributed by atoms with Gasteiger partial charge in [0.25, 0.3) is 0 Å². The quantitative estimate of drug-likeness (QED) is 0.196. The van der Waals surface area contributed by atoms with Gasteiger partial charge in [0, 0.05) is 6.54 Å². The van der Waals surface area contributed by atoms with Gasteiger partial charge in [-0.05, 0) is 42.0 Å². The highest BCUT2D eigenvalue weighted by Crippen LogP contribution is 2.33. The van der Waals surface area contributed by atoms with Gasteiger partial charge in [-0.3, -0.25) is 9.59 Å². The fraction of sp³-hybridized carbons (Fsp3) is 0.229. The summed E-state index contributed by atoms with van der Waals surface area (Å²) in [6, 6.07) is 36.8. The summed E-state index contributed by atoms with van der Waals surface area (Å²) in [6.45, 7) is 2.34. The first-order valence-corrected chi connectivity index (χ1v) is 14.2. The molecule has 0 radical (unpaired) electrons. The largest absolute Gasteiger partial charge is 0.445 e. The summed E-state index contributed by atoms with van der Waals surface area (Å²) >= 11 is 0. The lowest BCUT2D eigenvalue weighted by Gasteiger charge is -2.38. The zero-order chi connectivity index (χ0) is 29.7. The molecule has 7 heteroatoms. The molecule has 0 fully saturated rings. The van der Waals surface area contributed by atoms with Crippen LogP contribution in [-0.2, 0) is 20.9 Å². The Labute approximate surface area is 247 Å². The van der Waals surface area contributed by atoms with E-state index in [1.54, 1.807) is 4.90 Å². The van der Waals surface area contributed by atoms with Crippen LogP contribution in [0.2, 0.25) is 0 Å². The lowest BCUT2D eigenvalue weighted by molar-refractivity contribution is -0.142. The van der Waals surface area contributed by atoms with Crippen LogP contribution in [0.15, 0.2) is 121 Å². The van der Waals surface area contributed by atoms with Crippen molar-refractivity contribution in [3.8, 4) is 0 Å². The molecule has 0 aliphatic carbocycles. The number of nitrogens with two attached hydrogens (primary N) is 1. The smallest absolute Gasteiger partial charge is 0.407 e. The Bertz CT molecular complexity index is 1380. The molecule has 0 heterocycles. The highest BCUT2D eigenvalue weighted by atomic mass is 16.5. The fourth-order valence-electron chi connectivity index (χ4n) is 5.10. The van der Waals surface area contributed by atoms with Gasteiger partial charge in [0.1, 0.15) is 12.6 Å². The van der Waals surface area contributed by atoms with E-state index in [1.807, 2.05) is 128 Å². The standard InChI is InChI=1S/C35H37N3O4/c1-26(28-17-8-3-9-18-28)38(34(40)32(29-19-10-4-11-20-29)30-21-12-5-13-22-30)31(33(36)39)23-14-24-37-35(41)42-25-27-15-6-2-7-16-27/h2-13,15-22,26,31-32H,14,23-25H2,1H3,(H2,36,39)(H,37,41)/t26-,31+/m0/s1. The number of carbonyl (C=O) groups is 3. The van der Waals surface area contributed by atoms with Gasteiger partial charge in [-0.15, -0.1) is 0 Å². The van der Waals surface area contributed by atoms with Crippen molar-refractivity contribution in [2.75, 3.05) is 6.54 Å². The Hall–Kier alpha value is -4.91. The second-order valence-corrected chi connectivity index (χ2v) is 10.1. The minimum atomic E-state index is -0.898. The predicted molar refractivity (Wildman–Crippen MR) is 163 cm³/mol. The third-order valence-electron chi connectivity index (χ3n) is 7.27. The van der Waals surface area contributed by atoms with Gasteiger partial charge >= 0.3 is 6.09 Å². The molecule has 0 unspecified atom stereocenters. The number of nitrogens with one attached hydrogen (secondary N) is 1. The SMILES string of the molecule is C[C@@H](c1ccccc1)N(C(=O)C(c1ccccc1)c1ccccc1)[C@H](CCCNC(=O)OCc1ccccc1)C(N)=O. The molecular formula is C35H37N3O4. The van der Waals surface area contributed by atoms with Crippen LogP contribution in [0.3, 0.4) is 0 Å². The van der Waals surface area contributed by atoms with Crippen LogP contribution in [0.4, 0.5) is 4.79 Å². The van der Waals surface area contributed by atoms with Gasteiger partial charge in [-0.2, -0.15) is 0 Å². The Morgan fingerprint density at radius 2 is 1.21 bits per heavy atom. The van der Waals surface area contributed by atoms with Crippen LogP contribution in [-0.4, -0.2) is 35.4 Å². The van der Waals surface area contributed by atoms with E-state index in [-0.39, 0.29) is 25.5 Å². The van der Waals surface area contributed by atoms with E-state index in [0.717, 1.165) is 22.3 Å². The lowest BCUT2D eigenvalue weighted by Crippen LogP contribution is -2.51. The Morgan fingerprint density at radius 1 is 0.738 bits per heavy atom. The van der Waals surface area contributed by atoms with Gasteiger partial charge in [0.15, 0.2) is 0 Å². The average Bonchev–Trinajstić information content (AvgIpc) is 3.03. The van der Waals surface area contributed by atoms with E-state index in [4.69, 9.17) is 10.5 Å². The molecule has 3 amide bonds. The number of primary amides is 1. The first-order chi connectivity index (χ1) is 20.5. The number of nitrogens with zero attached hydrogens (tertiary/aromatic N) is 1. The predicted octanol–water partition coefficient (Wildman–Crippen LogP) is 5.97. The average molecular weight is 564 g/mol. The summed E-state index contributed by atoms with van der Waals surface area (Å²) in [5.41, 5.74) is 9.40. The second-order valence-electron chi connectivity index (χ2n) is 10.1. The van der Waals surface area contributed by atoms with Crippen LogP contribution in [0.5, 0.6) is 0 Å². The van der Waals surface area contributed by atoms with Crippen LogP contribution in [0.25, 0.3) is 0 Å². The van der Waals surface area contributed by atoms with Crippen LogP contribution in [0, 0.1) is 0 Å². The highest BCUT2D eigenvalue weighted by molar-refractivity contribution is 5.92. The third kappa shape index (κ3) is 8.07. The molecule has 4 aromatic carbocycles. The van der Waals surface area contributed by atoms with E-state index in [9.17, 15) is 14.4 Å². The number of amides is 3. The molecule has 216 valence electrons. The summed E-state index contributed by atoms with van der Waals surface area (Å²) in [5, 5.41) is 2.73. The Balaban J connectivity index is 1.55. The van der Waals surface area contributed by atoms with Crippen molar-refractivity contribution in [1.82, 2.24) is 10.2 Å². The van der Waals surface area contributed by atoms with Crippen molar-refractivity contribution in [3.63, 3.8) is 0 Å². The summed E-state index contributed by atoms with van der Waals surface area (Å²) < 4.78 is 5.29. The third-order valence-corrected chi connectivity index (χ3v) is 7.27. The van der Waals surface area contributed by atoms with E-state index < -0.39 is 30.0 Å². The fourth-order valence-corrected chi connectivity index (χ4v) is 5.10. The highest BCUT2D eigenvalue weighted by Gasteiger charge is 2.37. The maximum atomic E-state index is 14.6. The summed E-state index contributed by atoms with van der Waals surface area (Å²) in [4.78, 5) is 41.4. The number of rotatable bonds is 13. The van der Waals surface area contributed by atoms with Gasteiger partial charge < -0.3 is 20.7 Å².